The first-order chi connectivity index (χ1) is 14.1. The van der Waals surface area contributed by atoms with Crippen molar-refractivity contribution in [2.75, 3.05) is 51.4 Å². The highest BCUT2D eigenvalue weighted by molar-refractivity contribution is 9.10. The standard InChI is InChI=1S/C23H27BrN2O3/c1-28-21-5-3-2-4-20(21)25-12-14-26(15-13-25)22(27)23(10-16-29-17-11-23)18-6-8-19(24)9-7-18/h2-9H,10-17H2,1H3. The van der Waals surface area contributed by atoms with Crippen molar-refractivity contribution < 1.29 is 14.3 Å². The Balaban J connectivity index is 1.52. The molecule has 0 aromatic heterocycles. The van der Waals surface area contributed by atoms with E-state index >= 15 is 0 Å². The highest BCUT2D eigenvalue weighted by atomic mass is 79.9. The molecule has 0 atom stereocenters. The zero-order chi connectivity index (χ0) is 20.3. The molecule has 2 saturated heterocycles. The van der Waals surface area contributed by atoms with Crippen LogP contribution in [0.5, 0.6) is 5.75 Å². The number of rotatable bonds is 4. The minimum absolute atomic E-state index is 0.239. The summed E-state index contributed by atoms with van der Waals surface area (Å²) in [7, 11) is 1.70. The number of anilines is 1. The van der Waals surface area contributed by atoms with Gasteiger partial charge in [-0.05, 0) is 42.7 Å². The van der Waals surface area contributed by atoms with Gasteiger partial charge in [0.15, 0.2) is 0 Å². The molecule has 2 aliphatic rings. The summed E-state index contributed by atoms with van der Waals surface area (Å²) in [5.74, 6) is 1.12. The number of benzene rings is 2. The highest BCUT2D eigenvalue weighted by Gasteiger charge is 2.44. The third kappa shape index (κ3) is 4.01. The summed E-state index contributed by atoms with van der Waals surface area (Å²) >= 11 is 3.51. The Hall–Kier alpha value is -2.05. The van der Waals surface area contributed by atoms with E-state index in [-0.39, 0.29) is 5.91 Å². The molecular weight excluding hydrogens is 432 g/mol. The predicted molar refractivity (Wildman–Crippen MR) is 118 cm³/mol. The number of amides is 1. The molecule has 5 nitrogen and oxygen atoms in total. The summed E-state index contributed by atoms with van der Waals surface area (Å²) in [4.78, 5) is 18.1. The second-order valence-electron chi connectivity index (χ2n) is 7.65. The van der Waals surface area contributed by atoms with E-state index in [4.69, 9.17) is 9.47 Å². The fraction of sp³-hybridized carbons (Fsp3) is 0.435. The molecule has 2 heterocycles. The number of carbonyl (C=O) groups excluding carboxylic acids is 1. The summed E-state index contributed by atoms with van der Waals surface area (Å²) in [6.07, 6.45) is 1.47. The van der Waals surface area contributed by atoms with Crippen molar-refractivity contribution in [3.63, 3.8) is 0 Å². The minimum Gasteiger partial charge on any atom is -0.495 e. The van der Waals surface area contributed by atoms with Crippen LogP contribution in [0.25, 0.3) is 0 Å². The second-order valence-corrected chi connectivity index (χ2v) is 8.57. The molecule has 0 N–H and O–H groups in total. The van der Waals surface area contributed by atoms with Crippen LogP contribution in [0.4, 0.5) is 5.69 Å². The first-order valence-corrected chi connectivity index (χ1v) is 10.9. The number of hydrogen-bond donors (Lipinski definition) is 0. The van der Waals surface area contributed by atoms with E-state index in [2.05, 4.69) is 39.0 Å². The van der Waals surface area contributed by atoms with Gasteiger partial charge >= 0.3 is 0 Å². The normalized spacial score (nSPS) is 19.1. The van der Waals surface area contributed by atoms with E-state index in [1.807, 2.05) is 35.2 Å². The van der Waals surface area contributed by atoms with Crippen LogP contribution in [0.15, 0.2) is 53.0 Å². The Morgan fingerprint density at radius 1 is 1.00 bits per heavy atom. The number of carbonyl (C=O) groups is 1. The van der Waals surface area contributed by atoms with E-state index in [1.165, 1.54) is 0 Å². The highest BCUT2D eigenvalue weighted by Crippen LogP contribution is 2.38. The van der Waals surface area contributed by atoms with E-state index in [1.54, 1.807) is 7.11 Å². The fourth-order valence-corrected chi connectivity index (χ4v) is 4.72. The van der Waals surface area contributed by atoms with Gasteiger partial charge in [0.25, 0.3) is 0 Å². The summed E-state index contributed by atoms with van der Waals surface area (Å²) < 4.78 is 12.1. The van der Waals surface area contributed by atoms with Gasteiger partial charge in [-0.15, -0.1) is 0 Å². The van der Waals surface area contributed by atoms with E-state index in [0.717, 1.165) is 60.5 Å². The summed E-state index contributed by atoms with van der Waals surface area (Å²) in [6, 6.07) is 16.3. The van der Waals surface area contributed by atoms with Crippen molar-refractivity contribution in [2.24, 2.45) is 0 Å². The molecule has 4 rings (SSSR count). The molecule has 2 fully saturated rings. The fourth-order valence-electron chi connectivity index (χ4n) is 4.46. The number of hydrogen-bond acceptors (Lipinski definition) is 4. The number of ether oxygens (including phenoxy) is 2. The molecule has 0 radical (unpaired) electrons. The first kappa shape index (κ1) is 20.2. The van der Waals surface area contributed by atoms with Crippen molar-refractivity contribution in [3.05, 3.63) is 58.6 Å². The predicted octanol–water partition coefficient (Wildman–Crippen LogP) is 3.85. The van der Waals surface area contributed by atoms with Crippen LogP contribution in [-0.4, -0.2) is 57.3 Å². The Labute approximate surface area is 180 Å². The molecule has 2 aromatic carbocycles. The monoisotopic (exact) mass is 458 g/mol. The smallest absolute Gasteiger partial charge is 0.233 e. The lowest BCUT2D eigenvalue weighted by Gasteiger charge is -2.43. The van der Waals surface area contributed by atoms with Gasteiger partial charge in [-0.2, -0.15) is 0 Å². The molecule has 29 heavy (non-hydrogen) atoms. The third-order valence-electron chi connectivity index (χ3n) is 6.15. The van der Waals surface area contributed by atoms with E-state index in [0.29, 0.717) is 13.2 Å². The molecule has 2 aliphatic heterocycles. The average molecular weight is 459 g/mol. The topological polar surface area (TPSA) is 42.0 Å². The van der Waals surface area contributed by atoms with Crippen molar-refractivity contribution in [1.82, 2.24) is 4.90 Å². The number of halogens is 1. The van der Waals surface area contributed by atoms with Gasteiger partial charge in [0.1, 0.15) is 5.75 Å². The SMILES string of the molecule is COc1ccccc1N1CCN(C(=O)C2(c3ccc(Br)cc3)CCOCC2)CC1. The molecule has 0 spiro atoms. The maximum atomic E-state index is 13.7. The zero-order valence-corrected chi connectivity index (χ0v) is 18.4. The van der Waals surface area contributed by atoms with E-state index < -0.39 is 5.41 Å². The molecule has 0 aliphatic carbocycles. The molecule has 2 aromatic rings. The largest absolute Gasteiger partial charge is 0.495 e. The summed E-state index contributed by atoms with van der Waals surface area (Å²) in [6.45, 7) is 4.30. The summed E-state index contributed by atoms with van der Waals surface area (Å²) in [5, 5.41) is 0. The van der Waals surface area contributed by atoms with Gasteiger partial charge in [-0.25, -0.2) is 0 Å². The van der Waals surface area contributed by atoms with Gasteiger partial charge in [-0.1, -0.05) is 40.2 Å². The maximum Gasteiger partial charge on any atom is 0.233 e. The minimum atomic E-state index is -0.481. The molecule has 6 heteroatoms. The molecular formula is C23H27BrN2O3. The van der Waals surface area contributed by atoms with Crippen LogP contribution in [0, 0.1) is 0 Å². The second kappa shape index (κ2) is 8.76. The quantitative estimate of drug-likeness (QED) is 0.697. The van der Waals surface area contributed by atoms with Crippen LogP contribution >= 0.6 is 15.9 Å². The lowest BCUT2D eigenvalue weighted by molar-refractivity contribution is -0.141. The van der Waals surface area contributed by atoms with Crippen molar-refractivity contribution in [2.45, 2.75) is 18.3 Å². The van der Waals surface area contributed by atoms with E-state index in [9.17, 15) is 4.79 Å². The molecule has 1 amide bonds. The van der Waals surface area contributed by atoms with Crippen LogP contribution in [-0.2, 0) is 14.9 Å². The van der Waals surface area contributed by atoms with Crippen molar-refractivity contribution >= 4 is 27.5 Å². The van der Waals surface area contributed by atoms with Gasteiger partial charge in [0.05, 0.1) is 18.2 Å². The van der Waals surface area contributed by atoms with Gasteiger partial charge in [-0.3, -0.25) is 4.79 Å². The van der Waals surface area contributed by atoms with Gasteiger partial charge in [0.2, 0.25) is 5.91 Å². The van der Waals surface area contributed by atoms with Crippen molar-refractivity contribution in [3.8, 4) is 5.75 Å². The number of para-hydroxylation sites is 2. The molecule has 0 saturated carbocycles. The molecule has 0 bridgehead atoms. The number of nitrogens with zero attached hydrogens (tertiary/aromatic N) is 2. The Morgan fingerprint density at radius 2 is 1.66 bits per heavy atom. The lowest BCUT2D eigenvalue weighted by atomic mass is 9.73. The van der Waals surface area contributed by atoms with Crippen LogP contribution < -0.4 is 9.64 Å². The van der Waals surface area contributed by atoms with Crippen LogP contribution in [0.1, 0.15) is 18.4 Å². The van der Waals surface area contributed by atoms with Crippen LogP contribution in [0.2, 0.25) is 0 Å². The average Bonchev–Trinajstić information content (AvgIpc) is 2.79. The third-order valence-corrected chi connectivity index (χ3v) is 6.67. The zero-order valence-electron chi connectivity index (χ0n) is 16.8. The molecule has 154 valence electrons. The molecule has 0 unspecified atom stereocenters. The number of piperazine rings is 1. The maximum absolute atomic E-state index is 13.7. The summed E-state index contributed by atoms with van der Waals surface area (Å²) in [5.41, 5.74) is 1.71. The lowest BCUT2D eigenvalue weighted by Crippen LogP contribution is -2.56. The van der Waals surface area contributed by atoms with Gasteiger partial charge < -0.3 is 19.3 Å². The Kier molecular flexibility index (Phi) is 6.11. The first-order valence-electron chi connectivity index (χ1n) is 10.2. The van der Waals surface area contributed by atoms with Gasteiger partial charge in [0, 0.05) is 43.9 Å². The van der Waals surface area contributed by atoms with Crippen LogP contribution in [0.3, 0.4) is 0 Å². The number of methoxy groups -OCH3 is 1. The Bertz CT molecular complexity index is 841. The van der Waals surface area contributed by atoms with Crippen molar-refractivity contribution in [1.29, 1.82) is 0 Å². The Morgan fingerprint density at radius 3 is 2.31 bits per heavy atom.